The highest BCUT2D eigenvalue weighted by Crippen LogP contribution is 2.24. The first-order chi connectivity index (χ1) is 8.78. The molecule has 0 bridgehead atoms. The first kappa shape index (κ1) is 14.0. The zero-order chi connectivity index (χ0) is 14.1. The van der Waals surface area contributed by atoms with E-state index in [0.717, 1.165) is 5.69 Å². The summed E-state index contributed by atoms with van der Waals surface area (Å²) in [5, 5.41) is 15.7. The Morgan fingerprint density at radius 2 is 1.89 bits per heavy atom. The van der Waals surface area contributed by atoms with Crippen molar-refractivity contribution in [2.45, 2.75) is 38.2 Å². The lowest BCUT2D eigenvalue weighted by atomic mass is 9.87. The average Bonchev–Trinajstić information content (AvgIpc) is 2.26. The van der Waals surface area contributed by atoms with E-state index in [1.165, 1.54) is 5.56 Å². The molecule has 0 aromatic heterocycles. The number of β-amino-alcohol motifs (C(OH)–C–C–N with tert-alkyl or cyclic N) is 1. The lowest BCUT2D eigenvalue weighted by Gasteiger charge is -2.36. The van der Waals surface area contributed by atoms with Crippen LogP contribution < -0.4 is 10.6 Å². The van der Waals surface area contributed by atoms with Crippen LogP contribution in [0.25, 0.3) is 0 Å². The molecule has 0 aliphatic carbocycles. The Labute approximate surface area is 114 Å². The number of carbonyl (C=O) groups is 1. The number of aliphatic hydroxyl groups is 1. The van der Waals surface area contributed by atoms with Crippen molar-refractivity contribution in [2.75, 3.05) is 18.4 Å². The van der Waals surface area contributed by atoms with Crippen LogP contribution in [0.4, 0.5) is 5.69 Å². The number of anilines is 1. The Morgan fingerprint density at radius 1 is 1.32 bits per heavy atom. The van der Waals surface area contributed by atoms with Gasteiger partial charge in [-0.15, -0.1) is 0 Å². The van der Waals surface area contributed by atoms with Gasteiger partial charge in [0.05, 0.1) is 12.0 Å². The van der Waals surface area contributed by atoms with E-state index in [9.17, 15) is 9.90 Å². The summed E-state index contributed by atoms with van der Waals surface area (Å²) in [4.78, 5) is 11.8. The van der Waals surface area contributed by atoms with Crippen molar-refractivity contribution in [3.63, 3.8) is 0 Å². The molecule has 4 nitrogen and oxygen atoms in total. The van der Waals surface area contributed by atoms with Crippen molar-refractivity contribution in [3.05, 3.63) is 29.8 Å². The van der Waals surface area contributed by atoms with Crippen molar-refractivity contribution in [1.29, 1.82) is 0 Å². The van der Waals surface area contributed by atoms with Crippen LogP contribution in [0.15, 0.2) is 24.3 Å². The summed E-state index contributed by atoms with van der Waals surface area (Å²) in [6, 6.07) is 7.85. The molecule has 3 N–H and O–H groups in total. The highest BCUT2D eigenvalue weighted by molar-refractivity contribution is 5.91. The Kier molecular flexibility index (Phi) is 3.65. The summed E-state index contributed by atoms with van der Waals surface area (Å²) in [6.07, 6.45) is 0.140. The van der Waals surface area contributed by atoms with Crippen LogP contribution in [0.5, 0.6) is 0 Å². The van der Waals surface area contributed by atoms with Gasteiger partial charge in [0.2, 0.25) is 5.91 Å². The van der Waals surface area contributed by atoms with Crippen LogP contribution in [0.1, 0.15) is 32.8 Å². The van der Waals surface area contributed by atoms with E-state index in [1.807, 2.05) is 24.3 Å². The predicted molar refractivity (Wildman–Crippen MR) is 76.2 cm³/mol. The van der Waals surface area contributed by atoms with Gasteiger partial charge in [-0.1, -0.05) is 32.9 Å². The Bertz CT molecular complexity index is 456. The van der Waals surface area contributed by atoms with Gasteiger partial charge in [-0.05, 0) is 23.1 Å². The summed E-state index contributed by atoms with van der Waals surface area (Å²) in [5.74, 6) is -0.146. The molecule has 19 heavy (non-hydrogen) atoms. The number of nitrogens with one attached hydrogen (secondary N) is 2. The number of hydrogen-bond donors (Lipinski definition) is 3. The number of hydrogen-bond acceptors (Lipinski definition) is 3. The van der Waals surface area contributed by atoms with Gasteiger partial charge in [0, 0.05) is 18.8 Å². The maximum absolute atomic E-state index is 11.8. The van der Waals surface area contributed by atoms with E-state index in [-0.39, 0.29) is 17.7 Å². The minimum Gasteiger partial charge on any atom is -0.387 e. The lowest BCUT2D eigenvalue weighted by Crippen LogP contribution is -2.60. The van der Waals surface area contributed by atoms with Gasteiger partial charge in [-0.3, -0.25) is 4.79 Å². The van der Waals surface area contributed by atoms with Crippen LogP contribution in [0.2, 0.25) is 0 Å². The number of rotatable bonds is 3. The molecule has 0 spiro atoms. The van der Waals surface area contributed by atoms with Gasteiger partial charge in [-0.2, -0.15) is 0 Å². The van der Waals surface area contributed by atoms with Crippen molar-refractivity contribution in [3.8, 4) is 0 Å². The van der Waals surface area contributed by atoms with E-state index < -0.39 is 5.60 Å². The van der Waals surface area contributed by atoms with Crippen molar-refractivity contribution < 1.29 is 9.90 Å². The highest BCUT2D eigenvalue weighted by Gasteiger charge is 2.36. The van der Waals surface area contributed by atoms with E-state index in [0.29, 0.717) is 13.1 Å². The van der Waals surface area contributed by atoms with Crippen LogP contribution in [0.3, 0.4) is 0 Å². The van der Waals surface area contributed by atoms with Gasteiger partial charge >= 0.3 is 0 Å². The number of amides is 1. The zero-order valence-electron chi connectivity index (χ0n) is 11.8. The second kappa shape index (κ2) is 4.94. The van der Waals surface area contributed by atoms with Crippen LogP contribution >= 0.6 is 0 Å². The third-order valence-electron chi connectivity index (χ3n) is 3.43. The Hall–Kier alpha value is -1.39. The largest absolute Gasteiger partial charge is 0.387 e. The van der Waals surface area contributed by atoms with Gasteiger partial charge < -0.3 is 15.7 Å². The van der Waals surface area contributed by atoms with Crippen LogP contribution in [-0.4, -0.2) is 29.7 Å². The SMILES string of the molecule is CC(C)(C)c1ccc(NC(=O)CC2(O)CNC2)cc1. The first-order valence-corrected chi connectivity index (χ1v) is 6.62. The lowest BCUT2D eigenvalue weighted by molar-refractivity contribution is -0.123. The summed E-state index contributed by atoms with van der Waals surface area (Å²) in [6.45, 7) is 7.44. The molecule has 1 heterocycles. The maximum Gasteiger partial charge on any atom is 0.227 e. The summed E-state index contributed by atoms with van der Waals surface area (Å²) >= 11 is 0. The molecule has 1 aromatic rings. The van der Waals surface area contributed by atoms with Crippen molar-refractivity contribution in [1.82, 2.24) is 5.32 Å². The van der Waals surface area contributed by atoms with Crippen molar-refractivity contribution in [2.24, 2.45) is 0 Å². The quantitative estimate of drug-likeness (QED) is 0.776. The van der Waals surface area contributed by atoms with E-state index in [4.69, 9.17) is 0 Å². The van der Waals surface area contributed by atoms with Gasteiger partial charge in [0.1, 0.15) is 0 Å². The fraction of sp³-hybridized carbons (Fsp3) is 0.533. The highest BCUT2D eigenvalue weighted by atomic mass is 16.3. The molecule has 1 saturated heterocycles. The second-order valence-electron chi connectivity index (χ2n) is 6.38. The maximum atomic E-state index is 11.8. The van der Waals surface area contributed by atoms with Crippen LogP contribution in [0, 0.1) is 0 Å². The van der Waals surface area contributed by atoms with Crippen LogP contribution in [-0.2, 0) is 10.2 Å². The topological polar surface area (TPSA) is 61.4 Å². The monoisotopic (exact) mass is 262 g/mol. The molecule has 104 valence electrons. The zero-order valence-corrected chi connectivity index (χ0v) is 11.8. The Morgan fingerprint density at radius 3 is 2.32 bits per heavy atom. The minimum absolute atomic E-state index is 0.106. The molecule has 0 saturated carbocycles. The molecule has 1 aromatic carbocycles. The summed E-state index contributed by atoms with van der Waals surface area (Å²) in [5.41, 5.74) is 1.24. The molecule has 1 amide bonds. The van der Waals surface area contributed by atoms with Gasteiger partial charge in [0.25, 0.3) is 0 Å². The van der Waals surface area contributed by atoms with E-state index in [2.05, 4.69) is 31.4 Å². The number of carbonyl (C=O) groups excluding carboxylic acids is 1. The fourth-order valence-electron chi connectivity index (χ4n) is 2.10. The molecular weight excluding hydrogens is 240 g/mol. The van der Waals surface area contributed by atoms with E-state index >= 15 is 0 Å². The van der Waals surface area contributed by atoms with E-state index in [1.54, 1.807) is 0 Å². The molecule has 1 aliphatic rings. The molecule has 1 aliphatic heterocycles. The fourth-order valence-corrected chi connectivity index (χ4v) is 2.10. The van der Waals surface area contributed by atoms with Crippen molar-refractivity contribution >= 4 is 11.6 Å². The third-order valence-corrected chi connectivity index (χ3v) is 3.43. The molecule has 4 heteroatoms. The minimum atomic E-state index is -0.866. The standard InChI is InChI=1S/C15H22N2O2/c1-14(2,3)11-4-6-12(7-5-11)17-13(18)8-15(19)9-16-10-15/h4-7,16,19H,8-10H2,1-3H3,(H,17,18). The first-order valence-electron chi connectivity index (χ1n) is 6.62. The molecule has 0 atom stereocenters. The number of benzene rings is 1. The smallest absolute Gasteiger partial charge is 0.227 e. The second-order valence-corrected chi connectivity index (χ2v) is 6.38. The average molecular weight is 262 g/mol. The summed E-state index contributed by atoms with van der Waals surface area (Å²) < 4.78 is 0. The summed E-state index contributed by atoms with van der Waals surface area (Å²) in [7, 11) is 0. The molecule has 1 fully saturated rings. The Balaban J connectivity index is 1.94. The molecule has 0 unspecified atom stereocenters. The molecule has 0 radical (unpaired) electrons. The third kappa shape index (κ3) is 3.55. The van der Waals surface area contributed by atoms with Gasteiger partial charge in [0.15, 0.2) is 0 Å². The molecule has 2 rings (SSSR count). The molecular formula is C15H22N2O2. The van der Waals surface area contributed by atoms with Gasteiger partial charge in [-0.25, -0.2) is 0 Å². The normalized spacial score (nSPS) is 17.7. The predicted octanol–water partition coefficient (Wildman–Crippen LogP) is 1.65.